The summed E-state index contributed by atoms with van der Waals surface area (Å²) in [6.45, 7) is 0.609. The third-order valence-corrected chi connectivity index (χ3v) is 5.97. The zero-order valence-corrected chi connectivity index (χ0v) is 12.8. The third-order valence-electron chi connectivity index (χ3n) is 3.27. The number of sulfonamides is 1. The predicted molar refractivity (Wildman–Crippen MR) is 74.0 cm³/mol. The zero-order chi connectivity index (χ0) is 15.1. The van der Waals surface area contributed by atoms with Gasteiger partial charge in [0.15, 0.2) is 5.82 Å². The number of hydrogen-bond acceptors (Lipinski definition) is 4. The molecule has 0 radical (unpaired) electrons. The molecule has 112 valence electrons. The first kappa shape index (κ1) is 15.9. The van der Waals surface area contributed by atoms with E-state index >= 15 is 0 Å². The maximum Gasteiger partial charge on any atom is 0.244 e. The topological polar surface area (TPSA) is 69.6 Å². The van der Waals surface area contributed by atoms with Crippen LogP contribution in [0.1, 0.15) is 0 Å². The highest BCUT2D eigenvalue weighted by Gasteiger charge is 2.37. The van der Waals surface area contributed by atoms with Gasteiger partial charge in [-0.15, -0.1) is 0 Å². The average Bonchev–Trinajstić information content (AvgIpc) is 2.81. The summed E-state index contributed by atoms with van der Waals surface area (Å²) in [4.78, 5) is -0.373. The molecule has 1 aliphatic heterocycles. The zero-order valence-electron chi connectivity index (χ0n) is 10.5. The second-order valence-electron chi connectivity index (χ2n) is 4.49. The Kier molecular flexibility index (Phi) is 4.58. The van der Waals surface area contributed by atoms with Crippen LogP contribution in [0.25, 0.3) is 0 Å². The second kappa shape index (κ2) is 5.75. The first-order valence-corrected chi connectivity index (χ1v) is 7.96. The molecule has 1 aromatic carbocycles. The van der Waals surface area contributed by atoms with Crippen molar-refractivity contribution in [2.75, 3.05) is 20.1 Å². The Morgan fingerprint density at radius 3 is 2.60 bits per heavy atom. The van der Waals surface area contributed by atoms with E-state index < -0.39 is 33.0 Å². The van der Waals surface area contributed by atoms with Gasteiger partial charge in [0.05, 0.1) is 22.2 Å². The molecular weight excluding hydrogens is 330 g/mol. The van der Waals surface area contributed by atoms with Gasteiger partial charge in [-0.05, 0) is 12.1 Å². The van der Waals surface area contributed by atoms with Gasteiger partial charge >= 0.3 is 0 Å². The van der Waals surface area contributed by atoms with Gasteiger partial charge in [-0.25, -0.2) is 12.8 Å². The molecule has 0 bridgehead atoms. The molecule has 1 aromatic rings. The lowest BCUT2D eigenvalue weighted by Crippen LogP contribution is -2.44. The number of rotatable bonds is 3. The summed E-state index contributed by atoms with van der Waals surface area (Å²) in [5, 5.41) is 11.8. The third kappa shape index (κ3) is 2.66. The van der Waals surface area contributed by atoms with Crippen LogP contribution >= 0.6 is 23.2 Å². The van der Waals surface area contributed by atoms with Crippen LogP contribution in [0.15, 0.2) is 17.0 Å². The van der Waals surface area contributed by atoms with Gasteiger partial charge in [0.2, 0.25) is 10.0 Å². The van der Waals surface area contributed by atoms with Crippen LogP contribution in [-0.4, -0.2) is 50.1 Å². The Morgan fingerprint density at radius 1 is 1.40 bits per heavy atom. The number of halogens is 3. The molecule has 0 saturated carbocycles. The van der Waals surface area contributed by atoms with E-state index in [1.807, 2.05) is 0 Å². The Hall–Kier alpha value is -0.440. The molecule has 0 aromatic heterocycles. The lowest BCUT2D eigenvalue weighted by molar-refractivity contribution is 0.136. The van der Waals surface area contributed by atoms with Crippen molar-refractivity contribution in [1.82, 2.24) is 9.62 Å². The quantitative estimate of drug-likeness (QED) is 0.806. The Bertz CT molecular complexity index is 626. The van der Waals surface area contributed by atoms with Crippen LogP contribution in [0.2, 0.25) is 10.0 Å². The molecule has 9 heteroatoms. The van der Waals surface area contributed by atoms with E-state index in [0.717, 1.165) is 16.4 Å². The van der Waals surface area contributed by atoms with Crippen LogP contribution < -0.4 is 5.32 Å². The summed E-state index contributed by atoms with van der Waals surface area (Å²) in [5.41, 5.74) is 0. The summed E-state index contributed by atoms with van der Waals surface area (Å²) < 4.78 is 39.5. The number of aliphatic hydroxyl groups is 1. The summed E-state index contributed by atoms with van der Waals surface area (Å²) in [5.74, 6) is -0.979. The molecule has 1 fully saturated rings. The molecule has 5 nitrogen and oxygen atoms in total. The number of aliphatic hydroxyl groups excluding tert-OH is 1. The Labute approximate surface area is 126 Å². The Morgan fingerprint density at radius 2 is 2.05 bits per heavy atom. The van der Waals surface area contributed by atoms with Crippen LogP contribution in [-0.2, 0) is 10.0 Å². The van der Waals surface area contributed by atoms with Crippen molar-refractivity contribution < 1.29 is 17.9 Å². The average molecular weight is 343 g/mol. The van der Waals surface area contributed by atoms with E-state index in [9.17, 15) is 17.9 Å². The van der Waals surface area contributed by atoms with Crippen LogP contribution in [0.5, 0.6) is 0 Å². The Balaban J connectivity index is 2.43. The fourth-order valence-electron chi connectivity index (χ4n) is 2.06. The van der Waals surface area contributed by atoms with E-state index in [-0.39, 0.29) is 9.92 Å². The molecule has 0 unspecified atom stereocenters. The summed E-state index contributed by atoms with van der Waals surface area (Å²) in [7, 11) is -2.70. The molecule has 2 rings (SSSR count). The highest BCUT2D eigenvalue weighted by molar-refractivity contribution is 7.89. The lowest BCUT2D eigenvalue weighted by Gasteiger charge is -2.26. The van der Waals surface area contributed by atoms with Gasteiger partial charge in [0.1, 0.15) is 4.90 Å². The maximum atomic E-state index is 13.6. The number of β-amino-alcohol motifs (C(OH)–C–C–N with tert-alkyl or cyclic N) is 1. The largest absolute Gasteiger partial charge is 0.390 e. The molecule has 1 heterocycles. The highest BCUT2D eigenvalue weighted by atomic mass is 35.5. The van der Waals surface area contributed by atoms with Crippen LogP contribution in [0.4, 0.5) is 4.39 Å². The normalized spacial score (nSPS) is 23.5. The second-order valence-corrected chi connectivity index (χ2v) is 7.24. The molecule has 2 atom stereocenters. The predicted octanol–water partition coefficient (Wildman–Crippen LogP) is 1.09. The molecule has 0 spiro atoms. The highest BCUT2D eigenvalue weighted by Crippen LogP contribution is 2.31. The standard InChI is InChI=1S/C11H13Cl2FN2O3S/c1-16(7-4-15-5-8(7)17)20(18,19)9-3-2-6(12)11(14)10(9)13/h2-3,7-8,15,17H,4-5H2,1H3/t7-,8-/m1/s1. The van der Waals surface area contributed by atoms with Crippen molar-refractivity contribution >= 4 is 33.2 Å². The molecule has 0 aliphatic carbocycles. The van der Waals surface area contributed by atoms with Gasteiger partial charge in [0, 0.05) is 20.1 Å². The first-order valence-electron chi connectivity index (χ1n) is 5.77. The molecule has 1 aliphatic rings. The van der Waals surface area contributed by atoms with E-state index in [1.165, 1.54) is 7.05 Å². The number of likely N-dealkylation sites (N-methyl/N-ethyl adjacent to an activating group) is 1. The van der Waals surface area contributed by atoms with E-state index in [4.69, 9.17) is 23.2 Å². The number of benzene rings is 1. The fourth-order valence-corrected chi connectivity index (χ4v) is 4.16. The SMILES string of the molecule is CN([C@@H]1CNC[C@H]1O)S(=O)(=O)c1ccc(Cl)c(F)c1Cl. The van der Waals surface area contributed by atoms with Crippen molar-refractivity contribution in [3.8, 4) is 0 Å². The van der Waals surface area contributed by atoms with E-state index in [0.29, 0.717) is 13.1 Å². The van der Waals surface area contributed by atoms with Gasteiger partial charge in [0.25, 0.3) is 0 Å². The van der Waals surface area contributed by atoms with Crippen molar-refractivity contribution in [3.05, 3.63) is 28.0 Å². The van der Waals surface area contributed by atoms with Crippen molar-refractivity contribution in [3.63, 3.8) is 0 Å². The monoisotopic (exact) mass is 342 g/mol. The molecule has 1 saturated heterocycles. The summed E-state index contributed by atoms with van der Waals surface area (Å²) in [6.07, 6.45) is -0.828. The summed E-state index contributed by atoms with van der Waals surface area (Å²) in [6, 6.07) is 1.65. The van der Waals surface area contributed by atoms with Crippen molar-refractivity contribution in [1.29, 1.82) is 0 Å². The van der Waals surface area contributed by atoms with Crippen molar-refractivity contribution in [2.45, 2.75) is 17.0 Å². The van der Waals surface area contributed by atoms with Gasteiger partial charge in [-0.2, -0.15) is 4.31 Å². The van der Waals surface area contributed by atoms with Crippen molar-refractivity contribution in [2.24, 2.45) is 0 Å². The maximum absolute atomic E-state index is 13.6. The van der Waals surface area contributed by atoms with E-state index in [1.54, 1.807) is 0 Å². The molecular formula is C11H13Cl2FN2O3S. The number of nitrogens with zero attached hydrogens (tertiary/aromatic N) is 1. The molecule has 2 N–H and O–H groups in total. The molecule has 20 heavy (non-hydrogen) atoms. The van der Waals surface area contributed by atoms with Crippen LogP contribution in [0, 0.1) is 5.82 Å². The van der Waals surface area contributed by atoms with Crippen LogP contribution in [0.3, 0.4) is 0 Å². The van der Waals surface area contributed by atoms with Gasteiger partial charge in [-0.1, -0.05) is 23.2 Å². The molecule has 0 amide bonds. The minimum atomic E-state index is -4.02. The lowest BCUT2D eigenvalue weighted by atomic mass is 10.2. The summed E-state index contributed by atoms with van der Waals surface area (Å²) >= 11 is 11.3. The fraction of sp³-hybridized carbons (Fsp3) is 0.455. The van der Waals surface area contributed by atoms with Gasteiger partial charge < -0.3 is 10.4 Å². The minimum Gasteiger partial charge on any atom is -0.390 e. The first-order chi connectivity index (χ1) is 9.26. The minimum absolute atomic E-state index is 0.251. The smallest absolute Gasteiger partial charge is 0.244 e. The number of nitrogens with one attached hydrogen (secondary N) is 1. The number of hydrogen-bond donors (Lipinski definition) is 2. The van der Waals surface area contributed by atoms with E-state index in [2.05, 4.69) is 5.32 Å². The van der Waals surface area contributed by atoms with Gasteiger partial charge in [-0.3, -0.25) is 0 Å².